The lowest BCUT2D eigenvalue weighted by atomic mass is 10.6. The van der Waals surface area contributed by atoms with Crippen LogP contribution in [0.25, 0.3) is 0 Å². The molecule has 0 rings (SSSR count). The Bertz CT molecular complexity index is 373. The van der Waals surface area contributed by atoms with Crippen LogP contribution in [-0.4, -0.2) is 30.3 Å². The second kappa shape index (κ2) is 3.77. The zero-order valence-electron chi connectivity index (χ0n) is 6.78. The molecule has 5 nitrogen and oxygen atoms in total. The van der Waals surface area contributed by atoms with Crippen LogP contribution in [0, 0.1) is 0 Å². The van der Waals surface area contributed by atoms with E-state index >= 15 is 0 Å². The molecule has 0 amide bonds. The Morgan fingerprint density at radius 1 is 1.33 bits per heavy atom. The van der Waals surface area contributed by atoms with Crippen molar-refractivity contribution >= 4 is 16.1 Å². The number of alkyl halides is 4. The topological polar surface area (TPSA) is 80.7 Å². The maximum atomic E-state index is 12.4. The predicted molar refractivity (Wildman–Crippen MR) is 37.7 cm³/mol. The SMILES string of the molecule is C=CC(=O)OC(F)(F)C(F)(F)S(=O)(=O)O. The molecule has 0 aliphatic rings. The molecule has 0 spiro atoms. The molecule has 1 N–H and O–H groups in total. The quantitative estimate of drug-likeness (QED) is 0.346. The maximum Gasteiger partial charge on any atom is 0.485 e. The van der Waals surface area contributed by atoms with Crippen LogP contribution in [0.1, 0.15) is 0 Å². The van der Waals surface area contributed by atoms with E-state index in [1.54, 1.807) is 0 Å². The minimum Gasteiger partial charge on any atom is -0.392 e. The lowest BCUT2D eigenvalue weighted by molar-refractivity contribution is -0.299. The molecule has 0 saturated heterocycles. The average Bonchev–Trinajstić information content (AvgIpc) is 2.00. The van der Waals surface area contributed by atoms with E-state index in [2.05, 4.69) is 11.3 Å². The van der Waals surface area contributed by atoms with Crippen molar-refractivity contribution in [2.75, 3.05) is 0 Å². The first-order chi connectivity index (χ1) is 6.45. The minimum absolute atomic E-state index is 0.119. The molecule has 0 radical (unpaired) electrons. The molecule has 0 bridgehead atoms. The van der Waals surface area contributed by atoms with Crippen molar-refractivity contribution in [3.8, 4) is 0 Å². The van der Waals surface area contributed by atoms with Gasteiger partial charge in [0, 0.05) is 6.08 Å². The van der Waals surface area contributed by atoms with Gasteiger partial charge in [0.1, 0.15) is 0 Å². The van der Waals surface area contributed by atoms with Gasteiger partial charge in [-0.15, -0.1) is 0 Å². The molecule has 0 aromatic rings. The average molecular weight is 252 g/mol. The number of ether oxygens (including phenoxy) is 1. The first kappa shape index (κ1) is 13.8. The molecular weight excluding hydrogens is 248 g/mol. The summed E-state index contributed by atoms with van der Waals surface area (Å²) in [5, 5.41) is -5.93. The fourth-order valence-corrected chi connectivity index (χ4v) is 0.720. The highest BCUT2D eigenvalue weighted by Crippen LogP contribution is 2.39. The summed E-state index contributed by atoms with van der Waals surface area (Å²) >= 11 is 0. The van der Waals surface area contributed by atoms with Crippen LogP contribution in [0.3, 0.4) is 0 Å². The van der Waals surface area contributed by atoms with Gasteiger partial charge in [-0.25, -0.2) is 4.79 Å². The summed E-state index contributed by atoms with van der Waals surface area (Å²) in [6, 6.07) is 0. The molecular formula is C5H4F4O5S. The van der Waals surface area contributed by atoms with E-state index in [0.29, 0.717) is 0 Å². The third-order valence-electron chi connectivity index (χ3n) is 1.06. The number of rotatable bonds is 4. The van der Waals surface area contributed by atoms with E-state index in [-0.39, 0.29) is 6.08 Å². The standard InChI is InChI=1S/C5H4F4O5S/c1-2-3(10)14-4(6,7)5(8,9)15(11,12)13/h2H,1H2,(H,11,12,13). The molecule has 88 valence electrons. The number of carbonyl (C=O) groups excluding carboxylic acids is 1. The van der Waals surface area contributed by atoms with Crippen molar-refractivity contribution < 1.29 is 40.1 Å². The van der Waals surface area contributed by atoms with E-state index in [0.717, 1.165) is 0 Å². The summed E-state index contributed by atoms with van der Waals surface area (Å²) in [6.07, 6.45) is -5.57. The molecule has 0 aromatic heterocycles. The number of carbonyl (C=O) groups is 1. The molecule has 0 atom stereocenters. The first-order valence-corrected chi connectivity index (χ1v) is 4.48. The highest BCUT2D eigenvalue weighted by molar-refractivity contribution is 7.86. The highest BCUT2D eigenvalue weighted by Gasteiger charge is 2.69. The predicted octanol–water partition coefficient (Wildman–Crippen LogP) is 0.789. The van der Waals surface area contributed by atoms with Crippen molar-refractivity contribution in [3.05, 3.63) is 12.7 Å². The van der Waals surface area contributed by atoms with Crippen LogP contribution in [0.4, 0.5) is 17.6 Å². The number of hydrogen-bond acceptors (Lipinski definition) is 4. The van der Waals surface area contributed by atoms with Gasteiger partial charge in [-0.3, -0.25) is 4.55 Å². The van der Waals surface area contributed by atoms with E-state index in [9.17, 15) is 30.8 Å². The van der Waals surface area contributed by atoms with Gasteiger partial charge >= 0.3 is 27.5 Å². The Morgan fingerprint density at radius 2 is 1.73 bits per heavy atom. The van der Waals surface area contributed by atoms with Gasteiger partial charge in [-0.05, 0) is 0 Å². The fourth-order valence-electron chi connectivity index (χ4n) is 0.378. The third-order valence-corrected chi connectivity index (χ3v) is 1.94. The normalized spacial score (nSPS) is 13.4. The van der Waals surface area contributed by atoms with Crippen molar-refractivity contribution in [3.63, 3.8) is 0 Å². The van der Waals surface area contributed by atoms with E-state index < -0.39 is 27.5 Å². The Morgan fingerprint density at radius 3 is 2.00 bits per heavy atom. The van der Waals surface area contributed by atoms with Gasteiger partial charge in [0.05, 0.1) is 0 Å². The summed E-state index contributed by atoms with van der Waals surface area (Å²) in [7, 11) is -6.41. The molecule has 0 saturated carbocycles. The Labute approximate surface area is 81.1 Å². The van der Waals surface area contributed by atoms with Crippen molar-refractivity contribution in [2.24, 2.45) is 0 Å². The van der Waals surface area contributed by atoms with Crippen molar-refractivity contribution in [2.45, 2.75) is 11.4 Å². The molecule has 10 heteroatoms. The molecule has 0 unspecified atom stereocenters. The van der Waals surface area contributed by atoms with Crippen LogP contribution < -0.4 is 0 Å². The van der Waals surface area contributed by atoms with Crippen molar-refractivity contribution in [1.82, 2.24) is 0 Å². The molecule has 0 heterocycles. The second-order valence-electron chi connectivity index (χ2n) is 2.13. The molecule has 0 aromatic carbocycles. The lowest BCUT2D eigenvalue weighted by Gasteiger charge is -2.21. The summed E-state index contributed by atoms with van der Waals surface area (Å²) < 4.78 is 79.7. The van der Waals surface area contributed by atoms with Gasteiger partial charge in [-0.2, -0.15) is 26.0 Å². The number of halogens is 4. The zero-order chi connectivity index (χ0) is 12.5. The number of hydrogen-bond donors (Lipinski definition) is 1. The van der Waals surface area contributed by atoms with Crippen LogP contribution in [-0.2, 0) is 19.6 Å². The first-order valence-electron chi connectivity index (χ1n) is 3.04. The highest BCUT2D eigenvalue weighted by atomic mass is 32.2. The summed E-state index contributed by atoms with van der Waals surface area (Å²) in [5.74, 6) is -1.97. The summed E-state index contributed by atoms with van der Waals surface area (Å²) in [4.78, 5) is 10.2. The van der Waals surface area contributed by atoms with E-state index in [4.69, 9.17) is 4.55 Å². The zero-order valence-corrected chi connectivity index (χ0v) is 7.60. The smallest absolute Gasteiger partial charge is 0.392 e. The third kappa shape index (κ3) is 2.65. The maximum absolute atomic E-state index is 12.4. The van der Waals surface area contributed by atoms with Crippen LogP contribution in [0.5, 0.6) is 0 Å². The van der Waals surface area contributed by atoms with Crippen LogP contribution >= 0.6 is 0 Å². The lowest BCUT2D eigenvalue weighted by Crippen LogP contribution is -2.49. The second-order valence-corrected chi connectivity index (χ2v) is 3.60. The van der Waals surface area contributed by atoms with Gasteiger partial charge in [0.15, 0.2) is 0 Å². The number of esters is 1. The van der Waals surface area contributed by atoms with Gasteiger partial charge < -0.3 is 4.74 Å². The van der Waals surface area contributed by atoms with Crippen molar-refractivity contribution in [1.29, 1.82) is 0 Å². The van der Waals surface area contributed by atoms with Gasteiger partial charge in [0.2, 0.25) is 0 Å². The fraction of sp³-hybridized carbons (Fsp3) is 0.400. The van der Waals surface area contributed by atoms with Gasteiger partial charge in [0.25, 0.3) is 0 Å². The summed E-state index contributed by atoms with van der Waals surface area (Å²) in [6.45, 7) is 2.62. The molecule has 0 aliphatic carbocycles. The van der Waals surface area contributed by atoms with E-state index in [1.807, 2.05) is 0 Å². The molecule has 15 heavy (non-hydrogen) atoms. The minimum atomic E-state index is -6.41. The molecule has 0 aliphatic heterocycles. The Kier molecular flexibility index (Phi) is 3.48. The monoisotopic (exact) mass is 252 g/mol. The van der Waals surface area contributed by atoms with Gasteiger partial charge in [-0.1, -0.05) is 6.58 Å². The Balaban J connectivity index is 5.20. The summed E-state index contributed by atoms with van der Waals surface area (Å²) in [5.41, 5.74) is 0. The largest absolute Gasteiger partial charge is 0.485 e. The molecule has 0 fully saturated rings. The van der Waals surface area contributed by atoms with Crippen LogP contribution in [0.15, 0.2) is 12.7 Å². The Hall–Kier alpha value is -1.16. The van der Waals surface area contributed by atoms with E-state index in [1.165, 1.54) is 0 Å². The van der Waals surface area contributed by atoms with Crippen LogP contribution in [0.2, 0.25) is 0 Å².